The minimum atomic E-state index is -0.786. The summed E-state index contributed by atoms with van der Waals surface area (Å²) in [4.78, 5) is 11.9. The van der Waals surface area contributed by atoms with E-state index < -0.39 is 6.10 Å². The molecule has 0 amide bonds. The lowest BCUT2D eigenvalue weighted by Crippen LogP contribution is -2.34. The second-order valence-corrected chi connectivity index (χ2v) is 5.89. The quantitative estimate of drug-likeness (QED) is 0.708. The first kappa shape index (κ1) is 12.6. The number of hydrogen-bond acceptors (Lipinski definition) is 2. The zero-order valence-electron chi connectivity index (χ0n) is 10.8. The van der Waals surface area contributed by atoms with Gasteiger partial charge in [0, 0.05) is 11.3 Å². The van der Waals surface area contributed by atoms with E-state index in [0.717, 1.165) is 24.8 Å². The third-order valence-electron chi connectivity index (χ3n) is 4.95. The number of Topliss-reactive ketones (excluding diaryl/α,β-unsaturated/α-hetero) is 1. The van der Waals surface area contributed by atoms with Gasteiger partial charge in [0.1, 0.15) is 6.10 Å². The lowest BCUT2D eigenvalue weighted by Gasteiger charge is -2.43. The van der Waals surface area contributed by atoms with E-state index in [-0.39, 0.29) is 17.1 Å². The van der Waals surface area contributed by atoms with E-state index in [9.17, 15) is 9.90 Å². The molecule has 94 valence electrons. The zero-order valence-corrected chi connectivity index (χ0v) is 10.8. The van der Waals surface area contributed by atoms with Crippen LogP contribution in [0.2, 0.25) is 0 Å². The van der Waals surface area contributed by atoms with E-state index in [4.69, 9.17) is 0 Å². The summed E-state index contributed by atoms with van der Waals surface area (Å²) >= 11 is 0. The Hall–Kier alpha value is -0.890. The molecule has 0 aromatic rings. The van der Waals surface area contributed by atoms with Gasteiger partial charge in [0.2, 0.25) is 0 Å². The Bertz CT molecular complexity index is 382. The van der Waals surface area contributed by atoms with Crippen LogP contribution in [0.3, 0.4) is 0 Å². The van der Waals surface area contributed by atoms with Crippen molar-refractivity contribution in [3.05, 3.63) is 24.3 Å². The van der Waals surface area contributed by atoms with E-state index >= 15 is 0 Å². The molecule has 0 heterocycles. The fourth-order valence-corrected chi connectivity index (χ4v) is 3.60. The second kappa shape index (κ2) is 4.09. The van der Waals surface area contributed by atoms with Gasteiger partial charge in [-0.3, -0.25) is 4.79 Å². The van der Waals surface area contributed by atoms with Gasteiger partial charge >= 0.3 is 0 Å². The molecule has 4 atom stereocenters. The maximum atomic E-state index is 11.9. The van der Waals surface area contributed by atoms with Crippen LogP contribution in [0.5, 0.6) is 0 Å². The Morgan fingerprint density at radius 2 is 2.12 bits per heavy atom. The summed E-state index contributed by atoms with van der Waals surface area (Å²) in [6.07, 6.45) is 2.76. The van der Waals surface area contributed by atoms with Crippen LogP contribution >= 0.6 is 0 Å². The van der Waals surface area contributed by atoms with Crippen LogP contribution in [0.1, 0.15) is 39.5 Å². The highest BCUT2D eigenvalue weighted by Gasteiger charge is 2.53. The predicted molar refractivity (Wildman–Crippen MR) is 68.5 cm³/mol. The molecule has 2 aliphatic rings. The third kappa shape index (κ3) is 1.79. The average Bonchev–Trinajstić information content (AvgIpc) is 2.48. The molecule has 2 rings (SSSR count). The molecule has 0 aromatic heterocycles. The zero-order chi connectivity index (χ0) is 12.8. The molecular weight excluding hydrogens is 212 g/mol. The second-order valence-electron chi connectivity index (χ2n) is 5.89. The Morgan fingerprint density at radius 3 is 2.59 bits per heavy atom. The minimum Gasteiger partial charge on any atom is -0.385 e. The van der Waals surface area contributed by atoms with Gasteiger partial charge in [-0.25, -0.2) is 0 Å². The topological polar surface area (TPSA) is 37.3 Å². The highest BCUT2D eigenvalue weighted by Crippen LogP contribution is 2.56. The molecule has 0 aromatic carbocycles. The molecule has 0 aliphatic heterocycles. The third-order valence-corrected chi connectivity index (χ3v) is 4.95. The molecule has 0 saturated heterocycles. The fraction of sp³-hybridized carbons (Fsp3) is 0.667. The molecule has 0 bridgehead atoms. The Morgan fingerprint density at radius 1 is 1.47 bits per heavy atom. The molecule has 2 unspecified atom stereocenters. The number of hydrogen-bond donors (Lipinski definition) is 1. The summed E-state index contributed by atoms with van der Waals surface area (Å²) < 4.78 is 0. The van der Waals surface area contributed by atoms with Crippen molar-refractivity contribution in [3.8, 4) is 0 Å². The van der Waals surface area contributed by atoms with Gasteiger partial charge in [0.25, 0.3) is 0 Å². The normalized spacial score (nSPS) is 42.2. The summed E-state index contributed by atoms with van der Waals surface area (Å²) in [5.74, 6) is 0.377. The van der Waals surface area contributed by atoms with E-state index in [0.29, 0.717) is 12.3 Å². The van der Waals surface area contributed by atoms with Gasteiger partial charge in [-0.1, -0.05) is 31.2 Å². The number of carbonyl (C=O) groups is 1. The van der Waals surface area contributed by atoms with Crippen LogP contribution in [0.25, 0.3) is 0 Å². The molecule has 1 spiro atoms. The molecule has 1 N–H and O–H groups in total. The molecular formula is C15H22O2. The number of rotatable bonds is 1. The van der Waals surface area contributed by atoms with Gasteiger partial charge in [0.05, 0.1) is 0 Å². The van der Waals surface area contributed by atoms with Gasteiger partial charge in [0.15, 0.2) is 5.78 Å². The first-order valence-electron chi connectivity index (χ1n) is 6.44. The number of carbonyl (C=O) groups excluding carboxylic acids is 1. The predicted octanol–water partition coefficient (Wildman–Crippen LogP) is 2.88. The van der Waals surface area contributed by atoms with E-state index in [1.165, 1.54) is 5.57 Å². The highest BCUT2D eigenvalue weighted by atomic mass is 16.3. The monoisotopic (exact) mass is 234 g/mol. The lowest BCUT2D eigenvalue weighted by atomic mass is 9.61. The van der Waals surface area contributed by atoms with Crippen LogP contribution in [-0.4, -0.2) is 17.0 Å². The molecule has 0 radical (unpaired) electrons. The molecule has 2 aliphatic carbocycles. The lowest BCUT2D eigenvalue weighted by molar-refractivity contribution is -0.127. The number of ketones is 1. The Kier molecular flexibility index (Phi) is 3.03. The van der Waals surface area contributed by atoms with Gasteiger partial charge in [-0.05, 0) is 38.5 Å². The van der Waals surface area contributed by atoms with E-state index in [2.05, 4.69) is 20.1 Å². The van der Waals surface area contributed by atoms with Crippen molar-refractivity contribution in [1.82, 2.24) is 0 Å². The van der Waals surface area contributed by atoms with Crippen molar-refractivity contribution >= 4 is 5.78 Å². The molecule has 2 fully saturated rings. The summed E-state index contributed by atoms with van der Waals surface area (Å²) in [5.41, 5.74) is 2.18. The molecule has 2 nitrogen and oxygen atoms in total. The summed E-state index contributed by atoms with van der Waals surface area (Å²) in [6.45, 7) is 12.2. The average molecular weight is 234 g/mol. The van der Waals surface area contributed by atoms with Gasteiger partial charge < -0.3 is 5.11 Å². The standard InChI is InChI=1S/C15H22O2/c1-9(2)12-6-5-10(3)15(7-12)8-13(16)14(17)11(15)4/h11-13,16H,1,3,5-8H2,2,4H3/t11?,12-,13?,15+/m0/s1. The first-order chi connectivity index (χ1) is 7.88. The van der Waals surface area contributed by atoms with Gasteiger partial charge in [-0.2, -0.15) is 0 Å². The van der Waals surface area contributed by atoms with Crippen molar-refractivity contribution in [2.24, 2.45) is 17.3 Å². The summed E-state index contributed by atoms with van der Waals surface area (Å²) in [6, 6.07) is 0. The minimum absolute atomic E-state index is 0.00600. The maximum Gasteiger partial charge on any atom is 0.164 e. The van der Waals surface area contributed by atoms with Crippen LogP contribution in [-0.2, 0) is 4.79 Å². The van der Waals surface area contributed by atoms with Crippen molar-refractivity contribution in [3.63, 3.8) is 0 Å². The number of aliphatic hydroxyl groups is 1. The Balaban J connectivity index is 2.31. The van der Waals surface area contributed by atoms with Gasteiger partial charge in [-0.15, -0.1) is 0 Å². The largest absolute Gasteiger partial charge is 0.385 e. The summed E-state index contributed by atoms with van der Waals surface area (Å²) in [7, 11) is 0. The van der Waals surface area contributed by atoms with Crippen molar-refractivity contribution < 1.29 is 9.90 Å². The molecule has 2 saturated carbocycles. The Labute approximate surface area is 103 Å². The van der Waals surface area contributed by atoms with Crippen LogP contribution in [0.4, 0.5) is 0 Å². The van der Waals surface area contributed by atoms with Crippen LogP contribution in [0.15, 0.2) is 24.3 Å². The fourth-order valence-electron chi connectivity index (χ4n) is 3.60. The van der Waals surface area contributed by atoms with Crippen LogP contribution < -0.4 is 0 Å². The number of aliphatic hydroxyl groups excluding tert-OH is 1. The smallest absolute Gasteiger partial charge is 0.164 e. The van der Waals surface area contributed by atoms with E-state index in [1.54, 1.807) is 0 Å². The molecule has 17 heavy (non-hydrogen) atoms. The maximum absolute atomic E-state index is 11.9. The molecule has 2 heteroatoms. The van der Waals surface area contributed by atoms with Crippen molar-refractivity contribution in [1.29, 1.82) is 0 Å². The SMILES string of the molecule is C=C(C)[C@H]1CCC(=C)[C@]2(CC(O)C(=O)C2C)C1. The number of allylic oxidation sites excluding steroid dienone is 2. The van der Waals surface area contributed by atoms with Crippen molar-refractivity contribution in [2.45, 2.75) is 45.6 Å². The van der Waals surface area contributed by atoms with E-state index in [1.807, 2.05) is 6.92 Å². The van der Waals surface area contributed by atoms with Crippen LogP contribution in [0, 0.1) is 17.3 Å². The highest BCUT2D eigenvalue weighted by molar-refractivity contribution is 5.88. The summed E-state index contributed by atoms with van der Waals surface area (Å²) in [5, 5.41) is 9.82. The van der Waals surface area contributed by atoms with Crippen molar-refractivity contribution in [2.75, 3.05) is 0 Å². The first-order valence-corrected chi connectivity index (χ1v) is 6.44.